The van der Waals surface area contributed by atoms with Crippen molar-refractivity contribution in [3.63, 3.8) is 0 Å². The number of hydrogen-bond acceptors (Lipinski definition) is 8. The first-order chi connectivity index (χ1) is 19.5. The fraction of sp³-hybridized carbons (Fsp3) is 0.452. The lowest BCUT2D eigenvalue weighted by molar-refractivity contribution is -0.117. The fourth-order valence-corrected chi connectivity index (χ4v) is 4.47. The van der Waals surface area contributed by atoms with E-state index in [2.05, 4.69) is 10.3 Å². The van der Waals surface area contributed by atoms with Gasteiger partial charge in [0.1, 0.15) is 11.2 Å². The Morgan fingerprint density at radius 3 is 2.29 bits per heavy atom. The zero-order valence-electron chi connectivity index (χ0n) is 26.0. The number of aromatic nitrogens is 2. The minimum atomic E-state index is -0.702. The first-order valence-electron chi connectivity index (χ1n) is 13.9. The summed E-state index contributed by atoms with van der Waals surface area (Å²) in [7, 11) is 2.49. The molecule has 1 atom stereocenters. The fourth-order valence-electron chi connectivity index (χ4n) is 4.47. The van der Waals surface area contributed by atoms with Gasteiger partial charge in [-0.05, 0) is 85.2 Å². The van der Waals surface area contributed by atoms with Crippen molar-refractivity contribution >= 4 is 41.7 Å². The van der Waals surface area contributed by atoms with Crippen LogP contribution in [0.5, 0.6) is 11.5 Å². The van der Waals surface area contributed by atoms with Gasteiger partial charge >= 0.3 is 13.2 Å². The molecule has 1 aliphatic rings. The van der Waals surface area contributed by atoms with Crippen LogP contribution in [0.1, 0.15) is 72.6 Å². The standard InChI is InChI=1S/C31H40BN3O7/c1-19(20-11-13-24(38-9)25(15-20)39-10)34-26(36)14-12-21-18-35(28(37)40-29(2,3)4)27-23(21)16-22(17-33-27)32-41-30(5,6)31(7,8)42-32/h11-19H,1-10H3,(H,34,36)/b14-12+/t19-/m1/s1. The van der Waals surface area contributed by atoms with Crippen molar-refractivity contribution in [2.24, 2.45) is 0 Å². The number of amides is 1. The molecule has 1 saturated heterocycles. The highest BCUT2D eigenvalue weighted by atomic mass is 16.7. The number of nitrogens with zero attached hydrogens (tertiary/aromatic N) is 2. The summed E-state index contributed by atoms with van der Waals surface area (Å²) in [6.07, 6.45) is 5.75. The first kappa shape index (κ1) is 31.1. The van der Waals surface area contributed by atoms with E-state index >= 15 is 0 Å². The molecule has 0 bridgehead atoms. The van der Waals surface area contributed by atoms with Crippen LogP contribution in [0.2, 0.25) is 0 Å². The summed E-state index contributed by atoms with van der Waals surface area (Å²) >= 11 is 0. The van der Waals surface area contributed by atoms with Crippen molar-refractivity contribution in [2.45, 2.75) is 78.2 Å². The molecular formula is C31H40BN3O7. The minimum absolute atomic E-state index is 0.304. The van der Waals surface area contributed by atoms with Gasteiger partial charge in [0, 0.05) is 34.9 Å². The van der Waals surface area contributed by atoms with Gasteiger partial charge in [-0.2, -0.15) is 0 Å². The summed E-state index contributed by atoms with van der Waals surface area (Å²) in [5, 5.41) is 3.61. The number of hydrogen-bond donors (Lipinski definition) is 1. The smallest absolute Gasteiger partial charge is 0.493 e. The Balaban J connectivity index is 1.64. The van der Waals surface area contributed by atoms with Crippen LogP contribution in [0.3, 0.4) is 0 Å². The number of fused-ring (bicyclic) bond motifs is 1. The molecule has 0 radical (unpaired) electrons. The molecule has 224 valence electrons. The molecule has 1 aliphatic heterocycles. The van der Waals surface area contributed by atoms with Crippen LogP contribution in [-0.4, -0.2) is 59.7 Å². The second-order valence-electron chi connectivity index (χ2n) is 12.3. The molecule has 1 fully saturated rings. The molecule has 3 heterocycles. The molecule has 0 unspecified atom stereocenters. The third-order valence-electron chi connectivity index (χ3n) is 7.49. The molecule has 4 rings (SSSR count). The average molecular weight is 577 g/mol. The third kappa shape index (κ3) is 6.47. The molecule has 10 nitrogen and oxygen atoms in total. The van der Waals surface area contributed by atoms with Crippen molar-refractivity contribution in [1.29, 1.82) is 0 Å². The lowest BCUT2D eigenvalue weighted by Crippen LogP contribution is -2.41. The van der Waals surface area contributed by atoms with Gasteiger partial charge in [0.05, 0.1) is 31.5 Å². The maximum Gasteiger partial charge on any atom is 0.496 e. The summed E-state index contributed by atoms with van der Waals surface area (Å²) in [4.78, 5) is 30.6. The normalized spacial score (nSPS) is 17.0. The SMILES string of the molecule is COc1ccc([C@@H](C)NC(=O)/C=C/c2cn(C(=O)OC(C)(C)C)c3ncc(B4OC(C)(C)C(C)(C)O4)cc23)cc1OC. The molecule has 0 spiro atoms. The van der Waals surface area contributed by atoms with Crippen molar-refractivity contribution in [3.05, 3.63) is 53.9 Å². The van der Waals surface area contributed by atoms with Crippen LogP contribution in [0.25, 0.3) is 17.1 Å². The molecule has 2 aromatic heterocycles. The first-order valence-corrected chi connectivity index (χ1v) is 13.9. The second kappa shape index (κ2) is 11.5. The predicted molar refractivity (Wildman–Crippen MR) is 162 cm³/mol. The number of carbonyl (C=O) groups excluding carboxylic acids is 2. The number of methoxy groups -OCH3 is 2. The monoisotopic (exact) mass is 577 g/mol. The Bertz CT molecular complexity index is 1500. The quantitative estimate of drug-likeness (QED) is 0.308. The molecule has 11 heteroatoms. The Labute approximate surface area is 247 Å². The molecule has 42 heavy (non-hydrogen) atoms. The van der Waals surface area contributed by atoms with E-state index in [9.17, 15) is 9.59 Å². The highest BCUT2D eigenvalue weighted by molar-refractivity contribution is 6.62. The van der Waals surface area contributed by atoms with Crippen LogP contribution >= 0.6 is 0 Å². The van der Waals surface area contributed by atoms with Crippen LogP contribution in [-0.2, 0) is 18.8 Å². The number of pyridine rings is 1. The molecule has 0 saturated carbocycles. The maximum atomic E-state index is 13.1. The summed E-state index contributed by atoms with van der Waals surface area (Å²) in [5.41, 5.74) is 0.795. The van der Waals surface area contributed by atoms with Crippen molar-refractivity contribution in [1.82, 2.24) is 14.9 Å². The third-order valence-corrected chi connectivity index (χ3v) is 7.49. The summed E-state index contributed by atoms with van der Waals surface area (Å²) in [5.74, 6) is 0.868. The van der Waals surface area contributed by atoms with E-state index in [4.69, 9.17) is 23.5 Å². The van der Waals surface area contributed by atoms with Gasteiger partial charge in [0.25, 0.3) is 0 Å². The summed E-state index contributed by atoms with van der Waals surface area (Å²) in [6, 6.07) is 7.05. The Kier molecular flexibility index (Phi) is 8.49. The zero-order valence-corrected chi connectivity index (χ0v) is 26.0. The van der Waals surface area contributed by atoms with Gasteiger partial charge in [-0.15, -0.1) is 0 Å². The molecule has 1 amide bonds. The van der Waals surface area contributed by atoms with E-state index in [1.807, 2.05) is 52.8 Å². The van der Waals surface area contributed by atoms with Gasteiger partial charge in [0.15, 0.2) is 11.5 Å². The van der Waals surface area contributed by atoms with E-state index in [-0.39, 0.29) is 11.9 Å². The Morgan fingerprint density at radius 2 is 1.69 bits per heavy atom. The predicted octanol–water partition coefficient (Wildman–Crippen LogP) is 5.03. The summed E-state index contributed by atoms with van der Waals surface area (Å²) in [6.45, 7) is 15.2. The molecule has 3 aromatic rings. The number of rotatable bonds is 7. The van der Waals surface area contributed by atoms with E-state index in [1.165, 1.54) is 10.6 Å². The molecule has 0 aliphatic carbocycles. The molecular weight excluding hydrogens is 537 g/mol. The van der Waals surface area contributed by atoms with E-state index in [0.29, 0.717) is 33.6 Å². The van der Waals surface area contributed by atoms with Gasteiger partial charge in [-0.25, -0.2) is 14.3 Å². The van der Waals surface area contributed by atoms with Gasteiger partial charge in [-0.1, -0.05) is 6.07 Å². The average Bonchev–Trinajstić information content (AvgIpc) is 3.38. The van der Waals surface area contributed by atoms with Crippen LogP contribution < -0.4 is 20.3 Å². The van der Waals surface area contributed by atoms with Gasteiger partial charge in [-0.3, -0.25) is 4.79 Å². The van der Waals surface area contributed by atoms with Gasteiger partial charge in [0.2, 0.25) is 5.91 Å². The molecule has 1 aromatic carbocycles. The summed E-state index contributed by atoms with van der Waals surface area (Å²) < 4.78 is 30.1. The Hall–Kier alpha value is -3.83. The van der Waals surface area contributed by atoms with Gasteiger partial charge < -0.3 is 28.8 Å². The number of benzene rings is 1. The second-order valence-corrected chi connectivity index (χ2v) is 12.3. The van der Waals surface area contributed by atoms with Crippen LogP contribution in [0.15, 0.2) is 42.7 Å². The van der Waals surface area contributed by atoms with Crippen molar-refractivity contribution in [2.75, 3.05) is 14.2 Å². The number of carbonyl (C=O) groups is 2. The van der Waals surface area contributed by atoms with Crippen molar-refractivity contribution < 1.29 is 33.1 Å². The number of nitrogens with one attached hydrogen (secondary N) is 1. The van der Waals surface area contributed by atoms with Crippen LogP contribution in [0, 0.1) is 0 Å². The lowest BCUT2D eigenvalue weighted by Gasteiger charge is -2.32. The zero-order chi connectivity index (χ0) is 31.0. The van der Waals surface area contributed by atoms with Crippen LogP contribution in [0.4, 0.5) is 4.79 Å². The highest BCUT2D eigenvalue weighted by Gasteiger charge is 2.52. The van der Waals surface area contributed by atoms with Crippen molar-refractivity contribution in [3.8, 4) is 11.5 Å². The topological polar surface area (TPSA) is 110 Å². The highest BCUT2D eigenvalue weighted by Crippen LogP contribution is 2.37. The lowest BCUT2D eigenvalue weighted by atomic mass is 9.80. The van der Waals surface area contributed by atoms with E-state index in [0.717, 1.165) is 5.56 Å². The largest absolute Gasteiger partial charge is 0.496 e. The van der Waals surface area contributed by atoms with E-state index in [1.54, 1.807) is 59.5 Å². The van der Waals surface area contributed by atoms with E-state index < -0.39 is 30.0 Å². The minimum Gasteiger partial charge on any atom is -0.493 e. The Morgan fingerprint density at radius 1 is 1.05 bits per heavy atom. The maximum absolute atomic E-state index is 13.1. The molecule has 1 N–H and O–H groups in total. The number of ether oxygens (including phenoxy) is 3.